The number of amides is 1. The number of rotatable bonds is 6. The maximum Gasteiger partial charge on any atom is 0.295 e. The molecule has 1 aromatic carbocycles. The summed E-state index contributed by atoms with van der Waals surface area (Å²) in [5.74, 6) is -0.185. The van der Waals surface area contributed by atoms with E-state index in [1.165, 1.54) is 4.31 Å². The summed E-state index contributed by atoms with van der Waals surface area (Å²) < 4.78 is 28.8. The fourth-order valence-corrected chi connectivity index (χ4v) is 4.57. The highest BCUT2D eigenvalue weighted by Crippen LogP contribution is 2.16. The maximum atomic E-state index is 12.7. The number of carbonyl (C=O) groups excluding carboxylic acids is 1. The summed E-state index contributed by atoms with van der Waals surface area (Å²) in [5, 5.41) is 3.98. The zero-order valence-electron chi connectivity index (χ0n) is 16.1. The van der Waals surface area contributed by atoms with Gasteiger partial charge >= 0.3 is 0 Å². The molecule has 0 aliphatic carbocycles. The first kappa shape index (κ1) is 20.2. The molecule has 2 aromatic rings. The largest absolute Gasteiger partial charge is 0.350 e. The second-order valence-corrected chi connectivity index (χ2v) is 8.92. The lowest BCUT2D eigenvalue weighted by molar-refractivity contribution is -0.895. The van der Waals surface area contributed by atoms with E-state index >= 15 is 0 Å². The quantitative estimate of drug-likeness (QED) is 0.497. The molecule has 8 nitrogen and oxygen atoms in total. The van der Waals surface area contributed by atoms with E-state index in [1.54, 1.807) is 30.5 Å². The molecule has 1 aromatic heterocycles. The third kappa shape index (κ3) is 4.86. The van der Waals surface area contributed by atoms with Crippen LogP contribution in [-0.2, 0) is 21.9 Å². The van der Waals surface area contributed by atoms with Crippen LogP contribution in [0.3, 0.4) is 0 Å². The van der Waals surface area contributed by atoms with Crippen molar-refractivity contribution in [3.63, 3.8) is 0 Å². The van der Waals surface area contributed by atoms with Crippen molar-refractivity contribution in [2.24, 2.45) is 12.1 Å². The van der Waals surface area contributed by atoms with E-state index in [0.29, 0.717) is 31.1 Å². The van der Waals surface area contributed by atoms with E-state index in [9.17, 15) is 13.2 Å². The normalized spacial score (nSPS) is 16.5. The Balaban J connectivity index is 1.48. The molecule has 28 heavy (non-hydrogen) atoms. The number of aryl methyl sites for hydroxylation is 2. The second kappa shape index (κ2) is 8.68. The zero-order valence-corrected chi connectivity index (χ0v) is 16.9. The van der Waals surface area contributed by atoms with Gasteiger partial charge < -0.3 is 9.47 Å². The predicted octanol–water partition coefficient (Wildman–Crippen LogP) is -0.627. The van der Waals surface area contributed by atoms with Crippen molar-refractivity contribution in [1.29, 1.82) is 0 Å². The Kier molecular flexibility index (Phi) is 6.28. The van der Waals surface area contributed by atoms with Crippen LogP contribution in [0.4, 0.5) is 0 Å². The van der Waals surface area contributed by atoms with Crippen molar-refractivity contribution in [2.75, 3.05) is 32.7 Å². The molecule has 3 rings (SSSR count). The van der Waals surface area contributed by atoms with Gasteiger partial charge in [-0.05, 0) is 31.2 Å². The van der Waals surface area contributed by atoms with Gasteiger partial charge in [-0.1, -0.05) is 17.7 Å². The van der Waals surface area contributed by atoms with Crippen molar-refractivity contribution < 1.29 is 18.1 Å². The molecular weight excluding hydrogens is 378 g/mol. The smallest absolute Gasteiger partial charge is 0.295 e. The first-order valence-corrected chi connectivity index (χ1v) is 10.6. The number of aromatic nitrogens is 1. The van der Waals surface area contributed by atoms with Gasteiger partial charge in [-0.3, -0.25) is 4.79 Å². The minimum Gasteiger partial charge on any atom is -0.350 e. The molecule has 1 fully saturated rings. The van der Waals surface area contributed by atoms with E-state index in [1.807, 2.05) is 36.9 Å². The van der Waals surface area contributed by atoms with Crippen LogP contribution in [0.1, 0.15) is 11.3 Å². The molecule has 150 valence electrons. The van der Waals surface area contributed by atoms with Gasteiger partial charge in [0.25, 0.3) is 5.91 Å². The Morgan fingerprint density at radius 3 is 2.50 bits per heavy atom. The molecule has 2 N–H and O–H groups in total. The van der Waals surface area contributed by atoms with E-state index in [-0.39, 0.29) is 12.5 Å². The molecule has 0 spiro atoms. The number of sulfonamides is 1. The number of nitrogens with one attached hydrogen (secondary N) is 2. The summed E-state index contributed by atoms with van der Waals surface area (Å²) in [5.41, 5.74) is 4.45. The van der Waals surface area contributed by atoms with Gasteiger partial charge in [0.05, 0.1) is 43.0 Å². The first-order chi connectivity index (χ1) is 13.4. The molecule has 0 atom stereocenters. The van der Waals surface area contributed by atoms with Crippen LogP contribution in [0.15, 0.2) is 52.6 Å². The van der Waals surface area contributed by atoms with E-state index in [0.717, 1.165) is 16.2 Å². The van der Waals surface area contributed by atoms with Crippen LogP contribution in [0, 0.1) is 6.92 Å². The molecule has 0 unspecified atom stereocenters. The van der Waals surface area contributed by atoms with Crippen LogP contribution < -0.4 is 10.3 Å². The third-order valence-electron chi connectivity index (χ3n) is 4.87. The number of benzene rings is 1. The fraction of sp³-hybridized carbons (Fsp3) is 0.368. The summed E-state index contributed by atoms with van der Waals surface area (Å²) in [4.78, 5) is 13.4. The number of nitrogens with zero attached hydrogens (tertiary/aromatic N) is 3. The molecular formula is C19H26N5O3S+. The molecule has 0 radical (unpaired) electrons. The van der Waals surface area contributed by atoms with Crippen LogP contribution in [0.2, 0.25) is 0 Å². The van der Waals surface area contributed by atoms with Gasteiger partial charge in [0.2, 0.25) is 10.0 Å². The van der Waals surface area contributed by atoms with Crippen molar-refractivity contribution in [2.45, 2.75) is 11.8 Å². The number of hydrogen-bond donors (Lipinski definition) is 2. The molecule has 2 heterocycles. The predicted molar refractivity (Wildman–Crippen MR) is 107 cm³/mol. The van der Waals surface area contributed by atoms with Gasteiger partial charge in [-0.15, -0.1) is 0 Å². The minimum absolute atomic E-state index is 0.185. The van der Waals surface area contributed by atoms with Crippen LogP contribution in [0.5, 0.6) is 0 Å². The van der Waals surface area contributed by atoms with Gasteiger partial charge in [-0.2, -0.15) is 9.41 Å². The molecule has 1 amide bonds. The highest BCUT2D eigenvalue weighted by molar-refractivity contribution is 7.89. The first-order valence-electron chi connectivity index (χ1n) is 9.20. The summed E-state index contributed by atoms with van der Waals surface area (Å²) in [7, 11) is -1.58. The highest BCUT2D eigenvalue weighted by Gasteiger charge is 2.31. The zero-order chi connectivity index (χ0) is 20.1. The van der Waals surface area contributed by atoms with Crippen LogP contribution in [0.25, 0.3) is 0 Å². The van der Waals surface area contributed by atoms with Crippen molar-refractivity contribution in [3.8, 4) is 0 Å². The SMILES string of the molecule is Cc1ccc(S(=O)(=O)N2CC[NH+](CC(=O)NN=Cc3cccn3C)CC2)cc1. The molecule has 1 aliphatic rings. The standard InChI is InChI=1S/C19H25N5O3S/c1-16-5-7-18(8-6-16)28(26,27)24-12-10-23(11-13-24)15-19(25)21-20-14-17-4-3-9-22(17)2/h3-9,14H,10-13,15H2,1-2H3,(H,21,25)/p+1. The summed E-state index contributed by atoms with van der Waals surface area (Å²) in [6.07, 6.45) is 3.50. The van der Waals surface area contributed by atoms with Gasteiger partial charge in [-0.25, -0.2) is 13.8 Å². The lowest BCUT2D eigenvalue weighted by Gasteiger charge is -2.31. The Hall–Kier alpha value is -2.49. The van der Waals surface area contributed by atoms with E-state index < -0.39 is 10.0 Å². The maximum absolute atomic E-state index is 12.7. The minimum atomic E-state index is -3.48. The Bertz CT molecular complexity index is 942. The lowest BCUT2D eigenvalue weighted by atomic mass is 10.2. The van der Waals surface area contributed by atoms with E-state index in [2.05, 4.69) is 10.5 Å². The lowest BCUT2D eigenvalue weighted by Crippen LogP contribution is -3.15. The number of carbonyl (C=O) groups is 1. The van der Waals surface area contributed by atoms with Gasteiger partial charge in [0.1, 0.15) is 0 Å². The fourth-order valence-electron chi connectivity index (χ4n) is 3.12. The Morgan fingerprint density at radius 2 is 1.89 bits per heavy atom. The average Bonchev–Trinajstić information content (AvgIpc) is 3.07. The van der Waals surface area contributed by atoms with Gasteiger partial charge in [0.15, 0.2) is 6.54 Å². The molecule has 9 heteroatoms. The number of piperazine rings is 1. The Labute approximate surface area is 165 Å². The Morgan fingerprint density at radius 1 is 1.21 bits per heavy atom. The molecule has 0 saturated carbocycles. The summed E-state index contributed by atoms with van der Waals surface area (Å²) >= 11 is 0. The second-order valence-electron chi connectivity index (χ2n) is 6.98. The molecule has 1 saturated heterocycles. The van der Waals surface area contributed by atoms with Crippen molar-refractivity contribution in [1.82, 2.24) is 14.3 Å². The number of hydrogen-bond acceptors (Lipinski definition) is 4. The molecule has 0 bridgehead atoms. The van der Waals surface area contributed by atoms with Crippen molar-refractivity contribution >= 4 is 22.1 Å². The number of quaternary nitrogens is 1. The van der Waals surface area contributed by atoms with Gasteiger partial charge in [0, 0.05) is 13.2 Å². The van der Waals surface area contributed by atoms with Crippen LogP contribution in [-0.4, -0.2) is 62.1 Å². The monoisotopic (exact) mass is 404 g/mol. The number of hydrazone groups is 1. The van der Waals surface area contributed by atoms with E-state index in [4.69, 9.17) is 0 Å². The summed E-state index contributed by atoms with van der Waals surface area (Å²) in [6, 6.07) is 10.7. The average molecular weight is 405 g/mol. The van der Waals surface area contributed by atoms with Crippen molar-refractivity contribution in [3.05, 3.63) is 53.9 Å². The topological polar surface area (TPSA) is 88.2 Å². The van der Waals surface area contributed by atoms with Crippen LogP contribution >= 0.6 is 0 Å². The third-order valence-corrected chi connectivity index (χ3v) is 6.78. The summed E-state index contributed by atoms with van der Waals surface area (Å²) in [6.45, 7) is 4.15. The highest BCUT2D eigenvalue weighted by atomic mass is 32.2. The molecule has 1 aliphatic heterocycles.